The molecule has 0 aromatic rings. The summed E-state index contributed by atoms with van der Waals surface area (Å²) in [6, 6.07) is 0.661. The molecule has 3 fully saturated rings. The second-order valence-electron chi connectivity index (χ2n) is 7.79. The first-order valence-electron chi connectivity index (χ1n) is 9.26. The predicted octanol–water partition coefficient (Wildman–Crippen LogP) is 1.32. The fraction of sp³-hybridized carbons (Fsp3) is 0.684. The maximum atomic E-state index is 13.0. The van der Waals surface area contributed by atoms with E-state index in [1.807, 2.05) is 4.90 Å². The highest BCUT2D eigenvalue weighted by Crippen LogP contribution is 2.41. The third-order valence-corrected chi connectivity index (χ3v) is 5.89. The van der Waals surface area contributed by atoms with Gasteiger partial charge in [-0.3, -0.25) is 9.59 Å². The smallest absolute Gasteiger partial charge is 0.246 e. The van der Waals surface area contributed by atoms with Crippen LogP contribution < -0.4 is 5.32 Å². The van der Waals surface area contributed by atoms with Crippen LogP contribution in [0, 0.1) is 11.8 Å². The summed E-state index contributed by atoms with van der Waals surface area (Å²) in [6.45, 7) is 7.87. The van der Waals surface area contributed by atoms with E-state index in [4.69, 9.17) is 0 Å². The maximum Gasteiger partial charge on any atom is 0.246 e. The average molecular weight is 329 g/mol. The predicted molar refractivity (Wildman–Crippen MR) is 92.2 cm³/mol. The van der Waals surface area contributed by atoms with E-state index in [0.29, 0.717) is 31.0 Å². The first-order valence-corrected chi connectivity index (χ1v) is 9.26. The van der Waals surface area contributed by atoms with Gasteiger partial charge in [-0.2, -0.15) is 0 Å². The van der Waals surface area contributed by atoms with Crippen LogP contribution in [-0.4, -0.2) is 59.4 Å². The van der Waals surface area contributed by atoms with Gasteiger partial charge in [-0.25, -0.2) is 0 Å². The van der Waals surface area contributed by atoms with Crippen molar-refractivity contribution in [2.75, 3.05) is 19.6 Å². The topological polar surface area (TPSA) is 52.7 Å². The average Bonchev–Trinajstić information content (AvgIpc) is 3.51. The minimum absolute atomic E-state index is 0.0268. The van der Waals surface area contributed by atoms with Gasteiger partial charge in [0.2, 0.25) is 11.8 Å². The van der Waals surface area contributed by atoms with Crippen molar-refractivity contribution >= 4 is 11.8 Å². The van der Waals surface area contributed by atoms with Gasteiger partial charge in [0, 0.05) is 37.6 Å². The van der Waals surface area contributed by atoms with Crippen LogP contribution in [0.25, 0.3) is 0 Å². The van der Waals surface area contributed by atoms with Crippen molar-refractivity contribution in [2.24, 2.45) is 11.8 Å². The highest BCUT2D eigenvalue weighted by Gasteiger charge is 2.49. The fourth-order valence-electron chi connectivity index (χ4n) is 4.24. The van der Waals surface area contributed by atoms with Gasteiger partial charge in [0.15, 0.2) is 0 Å². The quantitative estimate of drug-likeness (QED) is 0.625. The molecule has 0 aromatic carbocycles. The lowest BCUT2D eigenvalue weighted by Gasteiger charge is -2.47. The molecule has 0 radical (unpaired) electrons. The standard InChI is InChI=1S/C19H27N3O2/c1-3-16(23)21-9-8-15(11-21)18-17(13-4-5-13)20-10-12(2)22(18)19(24)14-6-7-14/h3,8,12-14,17-18,20H,1,4-7,9-11H2,2H3. The van der Waals surface area contributed by atoms with Crippen LogP contribution in [0.5, 0.6) is 0 Å². The number of rotatable bonds is 4. The Morgan fingerprint density at radius 2 is 2.04 bits per heavy atom. The second kappa shape index (κ2) is 6.03. The summed E-state index contributed by atoms with van der Waals surface area (Å²) >= 11 is 0. The van der Waals surface area contributed by atoms with Crippen LogP contribution in [0.1, 0.15) is 32.6 Å². The van der Waals surface area contributed by atoms with Gasteiger partial charge in [-0.05, 0) is 50.2 Å². The number of hydrogen-bond acceptors (Lipinski definition) is 3. The van der Waals surface area contributed by atoms with Gasteiger partial charge in [0.05, 0.1) is 6.04 Å². The van der Waals surface area contributed by atoms with Gasteiger partial charge >= 0.3 is 0 Å². The van der Waals surface area contributed by atoms with E-state index in [9.17, 15) is 9.59 Å². The summed E-state index contributed by atoms with van der Waals surface area (Å²) < 4.78 is 0. The van der Waals surface area contributed by atoms with Gasteiger partial charge < -0.3 is 15.1 Å². The lowest BCUT2D eigenvalue weighted by atomic mass is 9.89. The zero-order valence-electron chi connectivity index (χ0n) is 14.4. The van der Waals surface area contributed by atoms with Crippen LogP contribution in [0.3, 0.4) is 0 Å². The molecule has 4 rings (SSSR count). The van der Waals surface area contributed by atoms with Crippen LogP contribution in [0.15, 0.2) is 24.3 Å². The molecule has 24 heavy (non-hydrogen) atoms. The van der Waals surface area contributed by atoms with E-state index in [2.05, 4.69) is 29.8 Å². The molecule has 2 heterocycles. The number of carbonyl (C=O) groups is 2. The van der Waals surface area contributed by atoms with Crippen molar-refractivity contribution in [3.8, 4) is 0 Å². The maximum absolute atomic E-state index is 13.0. The van der Waals surface area contributed by atoms with Gasteiger partial charge in [0.1, 0.15) is 0 Å². The summed E-state index contributed by atoms with van der Waals surface area (Å²) in [4.78, 5) is 28.9. The molecule has 0 aromatic heterocycles. The molecule has 0 spiro atoms. The lowest BCUT2D eigenvalue weighted by molar-refractivity contribution is -0.139. The van der Waals surface area contributed by atoms with Crippen molar-refractivity contribution in [1.82, 2.24) is 15.1 Å². The van der Waals surface area contributed by atoms with Gasteiger partial charge in [0.25, 0.3) is 0 Å². The third-order valence-electron chi connectivity index (χ3n) is 5.89. The Balaban J connectivity index is 1.60. The number of amides is 2. The molecule has 2 aliphatic carbocycles. The fourth-order valence-corrected chi connectivity index (χ4v) is 4.24. The monoisotopic (exact) mass is 329 g/mol. The van der Waals surface area contributed by atoms with E-state index in [-0.39, 0.29) is 23.9 Å². The molecule has 130 valence electrons. The lowest BCUT2D eigenvalue weighted by Crippen LogP contribution is -2.65. The molecule has 3 unspecified atom stereocenters. The van der Waals surface area contributed by atoms with Gasteiger partial charge in [-0.15, -0.1) is 0 Å². The number of carbonyl (C=O) groups excluding carboxylic acids is 2. The van der Waals surface area contributed by atoms with Gasteiger partial charge in [-0.1, -0.05) is 12.7 Å². The highest BCUT2D eigenvalue weighted by atomic mass is 16.2. The van der Waals surface area contributed by atoms with Crippen LogP contribution in [0.4, 0.5) is 0 Å². The van der Waals surface area contributed by atoms with Crippen molar-refractivity contribution in [1.29, 1.82) is 0 Å². The Kier molecular flexibility index (Phi) is 3.99. The zero-order chi connectivity index (χ0) is 16.8. The molecule has 4 aliphatic rings. The summed E-state index contributed by atoms with van der Waals surface area (Å²) in [5.41, 5.74) is 1.23. The summed E-state index contributed by atoms with van der Waals surface area (Å²) in [5, 5.41) is 3.70. The molecule has 2 saturated carbocycles. The van der Waals surface area contributed by atoms with Crippen molar-refractivity contribution in [2.45, 2.75) is 50.7 Å². The Labute approximate surface area is 143 Å². The first kappa shape index (κ1) is 15.9. The molecule has 0 bridgehead atoms. The largest absolute Gasteiger partial charge is 0.331 e. The SMILES string of the molecule is C=CC(=O)N1CC=C(C2C(C3CC3)NCC(C)N2C(=O)C2CC2)C1. The van der Waals surface area contributed by atoms with Crippen molar-refractivity contribution in [3.63, 3.8) is 0 Å². The number of piperazine rings is 1. The summed E-state index contributed by atoms with van der Waals surface area (Å²) in [5.74, 6) is 1.21. The van der Waals surface area contributed by atoms with E-state index in [1.54, 1.807) is 0 Å². The molecule has 3 atom stereocenters. The Hall–Kier alpha value is -1.62. The van der Waals surface area contributed by atoms with E-state index in [0.717, 1.165) is 19.4 Å². The van der Waals surface area contributed by atoms with E-state index in [1.165, 1.54) is 24.5 Å². The normalized spacial score (nSPS) is 33.4. The van der Waals surface area contributed by atoms with E-state index < -0.39 is 0 Å². The Morgan fingerprint density at radius 3 is 2.67 bits per heavy atom. The molecule has 5 heteroatoms. The molecule has 2 aliphatic heterocycles. The van der Waals surface area contributed by atoms with Crippen LogP contribution in [-0.2, 0) is 9.59 Å². The molecular weight excluding hydrogens is 302 g/mol. The van der Waals surface area contributed by atoms with Crippen molar-refractivity contribution < 1.29 is 9.59 Å². The Morgan fingerprint density at radius 1 is 1.29 bits per heavy atom. The molecule has 2 amide bonds. The summed E-state index contributed by atoms with van der Waals surface area (Å²) in [7, 11) is 0. The first-order chi connectivity index (χ1) is 11.6. The van der Waals surface area contributed by atoms with Crippen molar-refractivity contribution in [3.05, 3.63) is 24.3 Å². The number of nitrogens with one attached hydrogen (secondary N) is 1. The number of nitrogens with zero attached hydrogens (tertiary/aromatic N) is 2. The molecular formula is C19H27N3O2. The molecule has 1 N–H and O–H groups in total. The number of hydrogen-bond donors (Lipinski definition) is 1. The summed E-state index contributed by atoms with van der Waals surface area (Å²) in [6.07, 6.45) is 8.11. The Bertz CT molecular complexity index is 591. The minimum Gasteiger partial charge on any atom is -0.331 e. The zero-order valence-corrected chi connectivity index (χ0v) is 14.4. The highest BCUT2D eigenvalue weighted by molar-refractivity contribution is 5.88. The second-order valence-corrected chi connectivity index (χ2v) is 7.79. The van der Waals surface area contributed by atoms with Crippen LogP contribution in [0.2, 0.25) is 0 Å². The molecule has 5 nitrogen and oxygen atoms in total. The third kappa shape index (κ3) is 2.79. The molecule has 1 saturated heterocycles. The van der Waals surface area contributed by atoms with Crippen LogP contribution >= 0.6 is 0 Å². The minimum atomic E-state index is -0.0268. The van der Waals surface area contributed by atoms with E-state index >= 15 is 0 Å².